The van der Waals surface area contributed by atoms with Gasteiger partial charge in [-0.05, 0) is 148 Å². The number of unbranched alkanes of at least 4 members (excludes halogenated alkanes) is 31. The molecule has 0 aromatic rings. The van der Waals surface area contributed by atoms with E-state index >= 15 is 0 Å². The number of carbonyl (C=O) groups is 3. The van der Waals surface area contributed by atoms with Crippen molar-refractivity contribution in [3.8, 4) is 0 Å². The molecule has 0 aromatic heterocycles. The quantitative estimate of drug-likeness (QED) is 0.0146. The molecule has 16 nitrogen and oxygen atoms in total. The predicted molar refractivity (Wildman–Crippen MR) is 454 cm³/mol. The van der Waals surface area contributed by atoms with Crippen LogP contribution in [0.25, 0.3) is 0 Å². The molecular formula is C91H154O16P2. The second-order valence-electron chi connectivity index (χ2n) is 28.2. The molecule has 18 heteroatoms. The van der Waals surface area contributed by atoms with Crippen LogP contribution in [-0.4, -0.2) is 95.9 Å². The fraction of sp³-hybridized carbons (Fsp3) is 0.681. The zero-order chi connectivity index (χ0) is 79.4. The molecule has 0 aliphatic rings. The summed E-state index contributed by atoms with van der Waals surface area (Å²) in [5, 5.41) is 20.7. The summed E-state index contributed by atoms with van der Waals surface area (Å²) in [7, 11) is -9.81. The van der Waals surface area contributed by atoms with Crippen molar-refractivity contribution >= 4 is 33.6 Å². The first kappa shape index (κ1) is 104. The van der Waals surface area contributed by atoms with E-state index in [0.29, 0.717) is 19.3 Å². The van der Waals surface area contributed by atoms with Crippen molar-refractivity contribution in [3.05, 3.63) is 158 Å². The Morgan fingerprint density at radius 1 is 0.266 bits per heavy atom. The Hall–Kier alpha value is -4.83. The van der Waals surface area contributed by atoms with Crippen molar-refractivity contribution in [1.82, 2.24) is 0 Å². The van der Waals surface area contributed by atoms with Crippen molar-refractivity contribution in [3.63, 3.8) is 0 Å². The number of rotatable bonds is 80. The highest BCUT2D eigenvalue weighted by Crippen LogP contribution is 2.45. The summed E-state index contributed by atoms with van der Waals surface area (Å²) in [4.78, 5) is 58.8. The molecule has 109 heavy (non-hydrogen) atoms. The monoisotopic (exact) mass is 1570 g/mol. The second kappa shape index (κ2) is 82.6. The largest absolute Gasteiger partial charge is 0.472 e. The summed E-state index contributed by atoms with van der Waals surface area (Å²) in [5.41, 5.74) is 0. The van der Waals surface area contributed by atoms with Crippen LogP contribution in [0.5, 0.6) is 0 Å². The molecule has 0 aromatic carbocycles. The van der Waals surface area contributed by atoms with Gasteiger partial charge in [-0.2, -0.15) is 0 Å². The molecule has 624 valence electrons. The van der Waals surface area contributed by atoms with Crippen LogP contribution >= 0.6 is 15.6 Å². The van der Waals surface area contributed by atoms with Gasteiger partial charge in [-0.3, -0.25) is 32.5 Å². The molecule has 4 N–H and O–H groups in total. The maximum absolute atomic E-state index is 13.0. The van der Waals surface area contributed by atoms with E-state index in [1.165, 1.54) is 103 Å². The van der Waals surface area contributed by atoms with Gasteiger partial charge in [0.2, 0.25) is 0 Å². The third-order valence-corrected chi connectivity index (χ3v) is 19.6. The zero-order valence-electron chi connectivity index (χ0n) is 68.4. The molecule has 0 bridgehead atoms. The Morgan fingerprint density at radius 3 is 0.771 bits per heavy atom. The van der Waals surface area contributed by atoms with E-state index in [4.69, 9.17) is 32.3 Å². The lowest BCUT2D eigenvalue weighted by atomic mass is 10.0. The number of aliphatic hydroxyl groups excluding tert-OH is 2. The van der Waals surface area contributed by atoms with Crippen molar-refractivity contribution in [1.29, 1.82) is 0 Å². The van der Waals surface area contributed by atoms with Crippen molar-refractivity contribution in [2.45, 2.75) is 360 Å². The lowest BCUT2D eigenvalue weighted by Crippen LogP contribution is -2.30. The van der Waals surface area contributed by atoms with Crippen molar-refractivity contribution in [2.24, 2.45) is 0 Å². The van der Waals surface area contributed by atoms with Gasteiger partial charge in [0.15, 0.2) is 6.10 Å². The van der Waals surface area contributed by atoms with Gasteiger partial charge >= 0.3 is 33.6 Å². The molecule has 0 fully saturated rings. The molecule has 0 aliphatic carbocycles. The fourth-order valence-electron chi connectivity index (χ4n) is 11.3. The summed E-state index contributed by atoms with van der Waals surface area (Å²) < 4.78 is 61.3. The molecule has 0 aliphatic heterocycles. The van der Waals surface area contributed by atoms with E-state index in [-0.39, 0.29) is 19.3 Å². The molecule has 0 radical (unpaired) electrons. The third kappa shape index (κ3) is 83.9. The van der Waals surface area contributed by atoms with Gasteiger partial charge in [0.1, 0.15) is 25.4 Å². The molecule has 0 heterocycles. The van der Waals surface area contributed by atoms with Crippen LogP contribution in [0.3, 0.4) is 0 Å². The summed E-state index contributed by atoms with van der Waals surface area (Å²) in [6.07, 6.45) is 104. The summed E-state index contributed by atoms with van der Waals surface area (Å²) in [6.45, 7) is 2.42. The molecule has 0 saturated heterocycles. The minimum atomic E-state index is -4.95. The first-order valence-electron chi connectivity index (χ1n) is 42.8. The molecule has 0 amide bonds. The number of aliphatic hydroxyl groups is 2. The molecule has 5 unspecified atom stereocenters. The van der Waals surface area contributed by atoms with Gasteiger partial charge in [0, 0.05) is 19.3 Å². The highest BCUT2D eigenvalue weighted by molar-refractivity contribution is 7.47. The molecule has 5 atom stereocenters. The first-order chi connectivity index (χ1) is 53.2. The smallest absolute Gasteiger partial charge is 0.463 e. The Balaban J connectivity index is 4.58. The number of carbonyl (C=O) groups excluding carboxylic acids is 3. The average molecular weight is 1570 g/mol. The van der Waals surface area contributed by atoms with E-state index in [1.54, 1.807) is 0 Å². The maximum atomic E-state index is 13.0. The Morgan fingerprint density at radius 2 is 0.486 bits per heavy atom. The van der Waals surface area contributed by atoms with Crippen LogP contribution in [0.2, 0.25) is 0 Å². The van der Waals surface area contributed by atoms with Crippen molar-refractivity contribution in [2.75, 3.05) is 39.6 Å². The van der Waals surface area contributed by atoms with Gasteiger partial charge in [0.05, 0.1) is 26.4 Å². The zero-order valence-corrected chi connectivity index (χ0v) is 70.2. The van der Waals surface area contributed by atoms with Gasteiger partial charge in [-0.15, -0.1) is 0 Å². The molecular weight excluding hydrogens is 1410 g/mol. The maximum Gasteiger partial charge on any atom is 0.472 e. The van der Waals surface area contributed by atoms with Gasteiger partial charge in [0.25, 0.3) is 0 Å². The fourth-order valence-corrected chi connectivity index (χ4v) is 12.9. The number of ether oxygens (including phenoxy) is 3. The summed E-state index contributed by atoms with van der Waals surface area (Å²) >= 11 is 0. The number of phosphoric acid groups is 2. The van der Waals surface area contributed by atoms with E-state index in [0.717, 1.165) is 180 Å². The van der Waals surface area contributed by atoms with Crippen LogP contribution in [-0.2, 0) is 55.8 Å². The van der Waals surface area contributed by atoms with Gasteiger partial charge in [-0.25, -0.2) is 9.13 Å². The number of hydrogen-bond donors (Lipinski definition) is 4. The first-order valence-corrected chi connectivity index (χ1v) is 45.8. The highest BCUT2D eigenvalue weighted by atomic mass is 31.2. The molecule has 0 saturated carbocycles. The minimum absolute atomic E-state index is 0.0817. The average Bonchev–Trinajstić information content (AvgIpc) is 0.902. The summed E-state index contributed by atoms with van der Waals surface area (Å²) in [6, 6.07) is 0. The second-order valence-corrected chi connectivity index (χ2v) is 31.1. The van der Waals surface area contributed by atoms with E-state index < -0.39 is 91.5 Å². The van der Waals surface area contributed by atoms with Crippen LogP contribution in [0, 0.1) is 0 Å². The van der Waals surface area contributed by atoms with Crippen LogP contribution in [0.15, 0.2) is 158 Å². The number of hydrogen-bond acceptors (Lipinski definition) is 14. The highest BCUT2D eigenvalue weighted by Gasteiger charge is 2.29. The van der Waals surface area contributed by atoms with Crippen LogP contribution in [0.1, 0.15) is 342 Å². The normalized spacial score (nSPS) is 14.7. The Bertz CT molecular complexity index is 2610. The Labute approximate surface area is 663 Å². The predicted octanol–water partition coefficient (Wildman–Crippen LogP) is 25.8. The van der Waals surface area contributed by atoms with Gasteiger partial charge < -0.3 is 34.2 Å². The van der Waals surface area contributed by atoms with E-state index in [9.17, 15) is 43.5 Å². The Kier molecular flexibility index (Phi) is 79.0. The standard InChI is InChI=1S/C91H154O16P2/c1-4-7-10-13-16-19-22-25-28-31-34-36-38-39-40-41-42-43-44-45-47-49-51-53-56-59-62-65-68-71-74-77-89(94)101-80-86(92)81-103-108(97,98)104-82-87(93)83-105-109(99,100)106-85-88(107-91(96)79-76-73-70-67-64-61-58-55-50-33-30-27-24-21-18-15-12-9-6-3)84-102-90(95)78-75-72-69-66-63-60-57-54-52-48-46-37-35-32-29-26-23-20-17-14-11-8-5-2/h7,9-10,12,16-21,25-30,34-37,39-40,48,50,52,55,86-88,92-93H,4-6,8,11,13-15,22-24,31-33,38,41-47,49,51,53-54,56-85H2,1-3H3,(H,97,98)(H,99,100)/b10-7-,12-9-,19-16-,20-17-,21-18-,28-25-,29-26-,30-27-,36-34-,37-35-,40-39-,52-48-,55-50-. The SMILES string of the molecule is CC/C=C\C/C=C\C/C=C\C/C=C\C/C=C\CCCCCCCCCCCCCCCCCC(=O)OCC(O)COP(=O)(O)OCC(O)COP(=O)(O)OCC(COC(=O)CCCCCCCCC/C=C\C/C=C\C/C=C\C/C=C\CCCCC)OC(=O)CCCCCCCC/C=C\C/C=C\C/C=C\C/C=C\CC. The molecule has 0 rings (SSSR count). The topological polar surface area (TPSA) is 231 Å². The lowest BCUT2D eigenvalue weighted by Gasteiger charge is -2.21. The van der Waals surface area contributed by atoms with Crippen molar-refractivity contribution < 1.29 is 75.8 Å². The summed E-state index contributed by atoms with van der Waals surface area (Å²) in [5.74, 6) is -1.60. The number of phosphoric ester groups is 2. The number of allylic oxidation sites excluding steroid dienone is 26. The van der Waals surface area contributed by atoms with Crippen LogP contribution in [0.4, 0.5) is 0 Å². The van der Waals surface area contributed by atoms with Gasteiger partial charge in [-0.1, -0.05) is 333 Å². The minimum Gasteiger partial charge on any atom is -0.463 e. The van der Waals surface area contributed by atoms with E-state index in [2.05, 4.69) is 179 Å². The lowest BCUT2D eigenvalue weighted by molar-refractivity contribution is -0.161. The number of esters is 3. The van der Waals surface area contributed by atoms with E-state index in [1.807, 2.05) is 0 Å². The third-order valence-electron chi connectivity index (χ3n) is 17.7. The molecule has 0 spiro atoms. The van der Waals surface area contributed by atoms with Crippen LogP contribution < -0.4 is 0 Å².